The zero-order valence-electron chi connectivity index (χ0n) is 14.4. The number of aromatic nitrogens is 2. The summed E-state index contributed by atoms with van der Waals surface area (Å²) in [6, 6.07) is 10.7. The predicted molar refractivity (Wildman–Crippen MR) is 98.7 cm³/mol. The van der Waals surface area contributed by atoms with Crippen LogP contribution in [0.1, 0.15) is 22.2 Å². The van der Waals surface area contributed by atoms with E-state index in [4.69, 9.17) is 9.47 Å². The zero-order valence-corrected chi connectivity index (χ0v) is 15.2. The van der Waals surface area contributed by atoms with Gasteiger partial charge in [-0.05, 0) is 35.7 Å². The molecule has 8 heteroatoms. The van der Waals surface area contributed by atoms with Crippen molar-refractivity contribution in [3.05, 3.63) is 53.0 Å². The summed E-state index contributed by atoms with van der Waals surface area (Å²) in [6.45, 7) is 0.0174. The molecule has 0 aliphatic heterocycles. The van der Waals surface area contributed by atoms with E-state index in [0.717, 1.165) is 10.6 Å². The topological polar surface area (TPSA) is 96.5 Å². The minimum atomic E-state index is -0.945. The van der Waals surface area contributed by atoms with Crippen molar-refractivity contribution >= 4 is 17.2 Å². The number of H-pyrrole nitrogens is 1. The summed E-state index contributed by atoms with van der Waals surface area (Å²) in [5, 5.41) is 21.9. The maximum Gasteiger partial charge on any atom is 0.271 e. The Morgan fingerprint density at radius 2 is 2.15 bits per heavy atom. The molecular weight excluding hydrogens is 354 g/mol. The molecule has 1 atom stereocenters. The number of amides is 1. The Morgan fingerprint density at radius 1 is 1.31 bits per heavy atom. The van der Waals surface area contributed by atoms with E-state index in [0.29, 0.717) is 17.1 Å². The van der Waals surface area contributed by atoms with Crippen LogP contribution in [0.3, 0.4) is 0 Å². The van der Waals surface area contributed by atoms with Crippen LogP contribution in [0.2, 0.25) is 0 Å². The Balaban J connectivity index is 1.66. The SMILES string of the molecule is COc1ccc(OC)c(C(O)CNC(=O)c2cc(-c3cccs3)[nH]n2)c1. The number of hydrogen-bond acceptors (Lipinski definition) is 6. The number of rotatable bonds is 7. The van der Waals surface area contributed by atoms with E-state index in [9.17, 15) is 9.90 Å². The van der Waals surface area contributed by atoms with E-state index < -0.39 is 6.10 Å². The Kier molecular flexibility index (Phi) is 5.55. The lowest BCUT2D eigenvalue weighted by molar-refractivity contribution is 0.0909. The molecule has 0 aliphatic carbocycles. The molecule has 3 N–H and O–H groups in total. The van der Waals surface area contributed by atoms with Gasteiger partial charge in [0.25, 0.3) is 5.91 Å². The molecule has 2 aromatic heterocycles. The summed E-state index contributed by atoms with van der Waals surface area (Å²) in [6.07, 6.45) is -0.945. The van der Waals surface area contributed by atoms with Crippen molar-refractivity contribution in [2.45, 2.75) is 6.10 Å². The summed E-state index contributed by atoms with van der Waals surface area (Å²) in [5.41, 5.74) is 1.58. The molecule has 1 amide bonds. The predicted octanol–water partition coefficient (Wildman–Crippen LogP) is 2.62. The fourth-order valence-corrected chi connectivity index (χ4v) is 3.18. The molecule has 0 saturated heterocycles. The average molecular weight is 373 g/mol. The molecule has 0 fully saturated rings. The summed E-state index contributed by atoms with van der Waals surface area (Å²) in [4.78, 5) is 13.3. The van der Waals surface area contributed by atoms with Crippen LogP contribution in [0.5, 0.6) is 11.5 Å². The second kappa shape index (κ2) is 8.03. The van der Waals surface area contributed by atoms with Crippen LogP contribution in [0.15, 0.2) is 41.8 Å². The summed E-state index contributed by atoms with van der Waals surface area (Å²) >= 11 is 1.56. The first-order valence-corrected chi connectivity index (χ1v) is 8.77. The second-order valence-corrected chi connectivity index (χ2v) is 6.43. The van der Waals surface area contributed by atoms with E-state index in [1.54, 1.807) is 42.7 Å². The highest BCUT2D eigenvalue weighted by atomic mass is 32.1. The number of ether oxygens (including phenoxy) is 2. The number of aromatic amines is 1. The third kappa shape index (κ3) is 3.87. The first-order chi connectivity index (χ1) is 12.6. The fourth-order valence-electron chi connectivity index (χ4n) is 2.49. The number of aliphatic hydroxyl groups is 1. The van der Waals surface area contributed by atoms with Crippen molar-refractivity contribution in [3.8, 4) is 22.1 Å². The highest BCUT2D eigenvalue weighted by Gasteiger charge is 2.17. The molecule has 1 aromatic carbocycles. The van der Waals surface area contributed by atoms with Gasteiger partial charge in [0.15, 0.2) is 5.69 Å². The van der Waals surface area contributed by atoms with E-state index in [1.807, 2.05) is 17.5 Å². The van der Waals surface area contributed by atoms with Crippen molar-refractivity contribution in [1.82, 2.24) is 15.5 Å². The van der Waals surface area contributed by atoms with Gasteiger partial charge in [0, 0.05) is 12.1 Å². The van der Waals surface area contributed by atoms with Gasteiger partial charge in [0.05, 0.1) is 24.8 Å². The van der Waals surface area contributed by atoms with Crippen LogP contribution in [0.4, 0.5) is 0 Å². The number of nitrogens with zero attached hydrogens (tertiary/aromatic N) is 1. The molecule has 3 rings (SSSR count). The molecule has 0 bridgehead atoms. The van der Waals surface area contributed by atoms with E-state index in [2.05, 4.69) is 15.5 Å². The number of carbonyl (C=O) groups excluding carboxylic acids is 1. The molecule has 7 nitrogen and oxygen atoms in total. The number of carbonyl (C=O) groups is 1. The monoisotopic (exact) mass is 373 g/mol. The first kappa shape index (κ1) is 18.0. The Bertz CT molecular complexity index is 876. The summed E-state index contributed by atoms with van der Waals surface area (Å²) in [5.74, 6) is 0.747. The standard InChI is InChI=1S/C18H19N3O4S/c1-24-11-5-6-16(25-2)12(8-11)15(22)10-19-18(23)14-9-13(20-21-14)17-4-3-7-26-17/h3-9,15,22H,10H2,1-2H3,(H,19,23)(H,20,21). The van der Waals surface area contributed by atoms with Crippen molar-refractivity contribution in [3.63, 3.8) is 0 Å². The lowest BCUT2D eigenvalue weighted by atomic mass is 10.1. The van der Waals surface area contributed by atoms with Crippen LogP contribution in [-0.2, 0) is 0 Å². The van der Waals surface area contributed by atoms with Crippen LogP contribution >= 0.6 is 11.3 Å². The molecule has 0 radical (unpaired) electrons. The first-order valence-electron chi connectivity index (χ1n) is 7.90. The van der Waals surface area contributed by atoms with Crippen molar-refractivity contribution in [1.29, 1.82) is 0 Å². The molecule has 1 unspecified atom stereocenters. The largest absolute Gasteiger partial charge is 0.497 e. The number of aliphatic hydroxyl groups excluding tert-OH is 1. The minimum Gasteiger partial charge on any atom is -0.497 e. The molecular formula is C18H19N3O4S. The zero-order chi connectivity index (χ0) is 18.5. The number of hydrogen-bond donors (Lipinski definition) is 3. The quantitative estimate of drug-likeness (QED) is 0.592. The molecule has 0 spiro atoms. The van der Waals surface area contributed by atoms with E-state index in [1.165, 1.54) is 7.11 Å². The lowest BCUT2D eigenvalue weighted by Gasteiger charge is -2.16. The highest BCUT2D eigenvalue weighted by Crippen LogP contribution is 2.29. The fraction of sp³-hybridized carbons (Fsp3) is 0.222. The van der Waals surface area contributed by atoms with Crippen LogP contribution in [0.25, 0.3) is 10.6 Å². The van der Waals surface area contributed by atoms with Gasteiger partial charge in [-0.2, -0.15) is 5.10 Å². The molecule has 0 aliphatic rings. The van der Waals surface area contributed by atoms with Gasteiger partial charge in [-0.3, -0.25) is 9.89 Å². The van der Waals surface area contributed by atoms with Crippen molar-refractivity contribution in [2.24, 2.45) is 0 Å². The Hall–Kier alpha value is -2.84. The number of methoxy groups -OCH3 is 2. The maximum absolute atomic E-state index is 12.3. The Morgan fingerprint density at radius 3 is 2.85 bits per heavy atom. The molecule has 136 valence electrons. The molecule has 26 heavy (non-hydrogen) atoms. The molecule has 2 heterocycles. The summed E-state index contributed by atoms with van der Waals surface area (Å²) < 4.78 is 10.4. The molecule has 0 saturated carbocycles. The highest BCUT2D eigenvalue weighted by molar-refractivity contribution is 7.13. The van der Waals surface area contributed by atoms with Gasteiger partial charge in [-0.15, -0.1) is 11.3 Å². The van der Waals surface area contributed by atoms with E-state index in [-0.39, 0.29) is 18.1 Å². The maximum atomic E-state index is 12.3. The van der Waals surface area contributed by atoms with Gasteiger partial charge in [-0.1, -0.05) is 6.07 Å². The number of nitrogens with one attached hydrogen (secondary N) is 2. The van der Waals surface area contributed by atoms with E-state index >= 15 is 0 Å². The van der Waals surface area contributed by atoms with Gasteiger partial charge in [0.1, 0.15) is 17.6 Å². The van der Waals surface area contributed by atoms with Crippen LogP contribution in [-0.4, -0.2) is 42.0 Å². The van der Waals surface area contributed by atoms with Gasteiger partial charge in [0.2, 0.25) is 0 Å². The van der Waals surface area contributed by atoms with Gasteiger partial charge in [-0.25, -0.2) is 0 Å². The third-order valence-corrected chi connectivity index (χ3v) is 4.75. The summed E-state index contributed by atoms with van der Waals surface area (Å²) in [7, 11) is 3.06. The third-order valence-electron chi connectivity index (χ3n) is 3.85. The normalized spacial score (nSPS) is 11.8. The second-order valence-electron chi connectivity index (χ2n) is 5.48. The van der Waals surface area contributed by atoms with Crippen molar-refractivity contribution in [2.75, 3.05) is 20.8 Å². The number of benzene rings is 1. The molecule has 3 aromatic rings. The van der Waals surface area contributed by atoms with Gasteiger partial charge < -0.3 is 19.9 Å². The lowest BCUT2D eigenvalue weighted by Crippen LogP contribution is -2.28. The smallest absolute Gasteiger partial charge is 0.271 e. The van der Waals surface area contributed by atoms with Crippen LogP contribution in [0, 0.1) is 0 Å². The Labute approximate surface area is 154 Å². The van der Waals surface area contributed by atoms with Gasteiger partial charge >= 0.3 is 0 Å². The number of thiophene rings is 1. The van der Waals surface area contributed by atoms with Crippen molar-refractivity contribution < 1.29 is 19.4 Å². The minimum absolute atomic E-state index is 0.0174. The average Bonchev–Trinajstić information content (AvgIpc) is 3.36. The van der Waals surface area contributed by atoms with Crippen LogP contribution < -0.4 is 14.8 Å².